The second kappa shape index (κ2) is 10.0. The van der Waals surface area contributed by atoms with E-state index in [1.54, 1.807) is 12.1 Å². The minimum atomic E-state index is -1.32. The fourth-order valence-electron chi connectivity index (χ4n) is 2.99. The first kappa shape index (κ1) is 22.9. The van der Waals surface area contributed by atoms with E-state index in [-0.39, 0.29) is 0 Å². The monoisotopic (exact) mass is 487 g/mol. The zero-order valence-electron chi connectivity index (χ0n) is 17.9. The molecule has 0 aliphatic carbocycles. The maximum absolute atomic E-state index is 11.4. The number of carboxylic acid groups (broad SMARTS) is 1. The molecule has 3 aromatic rings. The van der Waals surface area contributed by atoms with Gasteiger partial charge < -0.3 is 19.0 Å². The van der Waals surface area contributed by atoms with E-state index in [1.807, 2.05) is 43.3 Å². The SMILES string of the molecule is Cc1oc(-c2ccccc2)nc1CCOc1ccc(OC(C)(C)C(=O)O)c(CCBr)c1. The number of carboxylic acids is 1. The van der Waals surface area contributed by atoms with E-state index in [2.05, 4.69) is 20.9 Å². The number of nitrogens with zero attached hydrogens (tertiary/aromatic N) is 1. The van der Waals surface area contributed by atoms with Crippen molar-refractivity contribution in [3.05, 3.63) is 65.5 Å². The molecule has 0 amide bonds. The van der Waals surface area contributed by atoms with Gasteiger partial charge in [-0.25, -0.2) is 9.78 Å². The van der Waals surface area contributed by atoms with Crippen molar-refractivity contribution >= 4 is 21.9 Å². The van der Waals surface area contributed by atoms with Gasteiger partial charge in [0.15, 0.2) is 5.60 Å². The summed E-state index contributed by atoms with van der Waals surface area (Å²) in [7, 11) is 0. The molecule has 0 unspecified atom stereocenters. The molecule has 0 aliphatic heterocycles. The lowest BCUT2D eigenvalue weighted by molar-refractivity contribution is -0.152. The molecule has 0 saturated heterocycles. The Kier molecular flexibility index (Phi) is 7.38. The van der Waals surface area contributed by atoms with Gasteiger partial charge in [0, 0.05) is 17.3 Å². The summed E-state index contributed by atoms with van der Waals surface area (Å²) in [5.74, 6) is 1.60. The Morgan fingerprint density at radius 3 is 2.58 bits per heavy atom. The zero-order chi connectivity index (χ0) is 22.4. The maximum atomic E-state index is 11.4. The predicted molar refractivity (Wildman–Crippen MR) is 122 cm³/mol. The number of aliphatic carboxylic acids is 1. The molecule has 0 saturated carbocycles. The average Bonchev–Trinajstić information content (AvgIpc) is 3.11. The first-order valence-corrected chi connectivity index (χ1v) is 11.2. The highest BCUT2D eigenvalue weighted by atomic mass is 79.9. The van der Waals surface area contributed by atoms with Crippen molar-refractivity contribution < 1.29 is 23.8 Å². The minimum Gasteiger partial charge on any atom is -0.493 e. The molecule has 7 heteroatoms. The van der Waals surface area contributed by atoms with E-state index >= 15 is 0 Å². The number of carbonyl (C=O) groups is 1. The van der Waals surface area contributed by atoms with Crippen LogP contribution in [0.4, 0.5) is 0 Å². The maximum Gasteiger partial charge on any atom is 0.347 e. The topological polar surface area (TPSA) is 81.8 Å². The van der Waals surface area contributed by atoms with Gasteiger partial charge in [0.25, 0.3) is 0 Å². The third-order valence-corrected chi connectivity index (χ3v) is 5.19. The molecule has 31 heavy (non-hydrogen) atoms. The van der Waals surface area contributed by atoms with Gasteiger partial charge in [-0.15, -0.1) is 0 Å². The summed E-state index contributed by atoms with van der Waals surface area (Å²) in [6, 6.07) is 15.2. The van der Waals surface area contributed by atoms with Crippen molar-refractivity contribution in [3.63, 3.8) is 0 Å². The number of alkyl halides is 1. The summed E-state index contributed by atoms with van der Waals surface area (Å²) in [5, 5.41) is 10.0. The summed E-state index contributed by atoms with van der Waals surface area (Å²) >= 11 is 3.43. The summed E-state index contributed by atoms with van der Waals surface area (Å²) < 4.78 is 17.5. The summed E-state index contributed by atoms with van der Waals surface area (Å²) in [5.41, 5.74) is 1.37. The number of hydrogen-bond acceptors (Lipinski definition) is 5. The van der Waals surface area contributed by atoms with Crippen LogP contribution in [-0.2, 0) is 17.6 Å². The summed E-state index contributed by atoms with van der Waals surface area (Å²) in [6.07, 6.45) is 1.30. The highest BCUT2D eigenvalue weighted by molar-refractivity contribution is 9.09. The number of rotatable bonds is 10. The Morgan fingerprint density at radius 2 is 1.90 bits per heavy atom. The molecule has 0 aliphatic rings. The van der Waals surface area contributed by atoms with Crippen molar-refractivity contribution in [1.29, 1.82) is 0 Å². The molecule has 0 radical (unpaired) electrons. The van der Waals surface area contributed by atoms with Gasteiger partial charge in [-0.3, -0.25) is 0 Å². The Bertz CT molecular complexity index is 1030. The Morgan fingerprint density at radius 1 is 1.16 bits per heavy atom. The standard InChI is InChI=1S/C24H26BrNO5/c1-16-20(26-22(30-16)17-7-5-4-6-8-17)12-14-29-19-9-10-21(18(15-19)11-13-25)31-24(2,3)23(27)28/h4-10,15H,11-14H2,1-3H3,(H,27,28). The molecule has 164 valence electrons. The van der Waals surface area contributed by atoms with Gasteiger partial charge in [0.2, 0.25) is 5.89 Å². The Balaban J connectivity index is 1.66. The molecule has 3 rings (SSSR count). The number of ether oxygens (including phenoxy) is 2. The van der Waals surface area contributed by atoms with Crippen molar-refractivity contribution in [2.75, 3.05) is 11.9 Å². The van der Waals surface area contributed by atoms with Crippen LogP contribution >= 0.6 is 15.9 Å². The predicted octanol–water partition coefficient (Wildman–Crippen LogP) is 5.45. The molecule has 0 fully saturated rings. The van der Waals surface area contributed by atoms with Gasteiger partial charge in [0.1, 0.15) is 17.3 Å². The highest BCUT2D eigenvalue weighted by Gasteiger charge is 2.30. The second-order valence-corrected chi connectivity index (χ2v) is 8.41. The number of benzene rings is 2. The van der Waals surface area contributed by atoms with E-state index in [1.165, 1.54) is 13.8 Å². The Labute approximate surface area is 190 Å². The van der Waals surface area contributed by atoms with Gasteiger partial charge >= 0.3 is 5.97 Å². The van der Waals surface area contributed by atoms with Crippen molar-refractivity contribution in [2.45, 2.75) is 39.2 Å². The Hall–Kier alpha value is -2.80. The highest BCUT2D eigenvalue weighted by Crippen LogP contribution is 2.29. The lowest BCUT2D eigenvalue weighted by atomic mass is 10.1. The summed E-state index contributed by atoms with van der Waals surface area (Å²) in [4.78, 5) is 16.0. The smallest absolute Gasteiger partial charge is 0.347 e. The average molecular weight is 488 g/mol. The molecule has 1 N–H and O–H groups in total. The van der Waals surface area contributed by atoms with Crippen LogP contribution in [0.1, 0.15) is 30.9 Å². The first-order valence-electron chi connectivity index (χ1n) is 10.1. The van der Waals surface area contributed by atoms with Crippen LogP contribution in [0.5, 0.6) is 11.5 Å². The second-order valence-electron chi connectivity index (χ2n) is 7.61. The van der Waals surface area contributed by atoms with Crippen LogP contribution in [0.15, 0.2) is 52.9 Å². The van der Waals surface area contributed by atoms with Crippen LogP contribution in [0.25, 0.3) is 11.5 Å². The fraction of sp³-hybridized carbons (Fsp3) is 0.333. The van der Waals surface area contributed by atoms with Crippen LogP contribution in [0.2, 0.25) is 0 Å². The lowest BCUT2D eigenvalue weighted by Gasteiger charge is -2.23. The quantitative estimate of drug-likeness (QED) is 0.382. The molecular formula is C24H26BrNO5. The van der Waals surface area contributed by atoms with Crippen LogP contribution < -0.4 is 9.47 Å². The van der Waals surface area contributed by atoms with Gasteiger partial charge in [-0.05, 0) is 63.1 Å². The van der Waals surface area contributed by atoms with Crippen molar-refractivity contribution in [1.82, 2.24) is 4.98 Å². The number of aromatic nitrogens is 1. The number of aryl methyl sites for hydroxylation is 2. The van der Waals surface area contributed by atoms with E-state index in [9.17, 15) is 9.90 Å². The molecule has 1 heterocycles. The third kappa shape index (κ3) is 5.88. The number of oxazole rings is 1. The first-order chi connectivity index (χ1) is 14.8. The van der Waals surface area contributed by atoms with E-state index < -0.39 is 11.6 Å². The largest absolute Gasteiger partial charge is 0.493 e. The van der Waals surface area contributed by atoms with E-state index in [0.717, 1.165) is 27.9 Å². The molecule has 2 aromatic carbocycles. The number of hydrogen-bond donors (Lipinski definition) is 1. The molecule has 0 spiro atoms. The molecular weight excluding hydrogens is 462 g/mol. The molecule has 1 aromatic heterocycles. The van der Waals surface area contributed by atoms with E-state index in [4.69, 9.17) is 13.9 Å². The number of halogens is 1. The van der Waals surface area contributed by atoms with Gasteiger partial charge in [-0.2, -0.15) is 0 Å². The fourth-order valence-corrected chi connectivity index (χ4v) is 3.42. The van der Waals surface area contributed by atoms with Crippen LogP contribution in [0, 0.1) is 6.92 Å². The van der Waals surface area contributed by atoms with Crippen molar-refractivity contribution in [2.24, 2.45) is 0 Å². The lowest BCUT2D eigenvalue weighted by Crippen LogP contribution is -2.38. The van der Waals surface area contributed by atoms with Crippen molar-refractivity contribution in [3.8, 4) is 23.0 Å². The molecule has 6 nitrogen and oxygen atoms in total. The van der Waals surface area contributed by atoms with Crippen LogP contribution in [-0.4, -0.2) is 33.6 Å². The molecule has 0 atom stereocenters. The summed E-state index contributed by atoms with van der Waals surface area (Å²) in [6.45, 7) is 5.40. The molecule has 0 bridgehead atoms. The van der Waals surface area contributed by atoms with Gasteiger partial charge in [0.05, 0.1) is 12.3 Å². The third-order valence-electron chi connectivity index (χ3n) is 4.80. The minimum absolute atomic E-state index is 0.441. The normalized spacial score (nSPS) is 11.4. The van der Waals surface area contributed by atoms with E-state index in [0.29, 0.717) is 36.8 Å². The van der Waals surface area contributed by atoms with Crippen LogP contribution in [0.3, 0.4) is 0 Å². The zero-order valence-corrected chi connectivity index (χ0v) is 19.4. The van der Waals surface area contributed by atoms with Gasteiger partial charge in [-0.1, -0.05) is 34.1 Å².